The van der Waals surface area contributed by atoms with Gasteiger partial charge in [0.1, 0.15) is 6.61 Å². The van der Waals surface area contributed by atoms with Gasteiger partial charge < -0.3 is 24.8 Å². The number of likely N-dealkylation sites (N-methyl/N-ethyl adjacent to an activating group) is 1. The minimum atomic E-state index is -0.866. The first-order valence-corrected chi connectivity index (χ1v) is 9.87. The van der Waals surface area contributed by atoms with Crippen molar-refractivity contribution < 1.29 is 24.2 Å². The van der Waals surface area contributed by atoms with Crippen molar-refractivity contribution in [3.05, 3.63) is 23.8 Å². The lowest BCUT2D eigenvalue weighted by molar-refractivity contribution is -0.148. The van der Waals surface area contributed by atoms with Gasteiger partial charge in [-0.15, -0.1) is 0 Å². The molecular formula is C21H32N2O5. The number of ether oxygens (including phenoxy) is 2. The summed E-state index contributed by atoms with van der Waals surface area (Å²) in [5.74, 6) is -0.637. The molecule has 2 rings (SSSR count). The van der Waals surface area contributed by atoms with Crippen molar-refractivity contribution in [3.8, 4) is 11.5 Å². The Balaban J connectivity index is 1.86. The molecule has 1 saturated carbocycles. The Labute approximate surface area is 167 Å². The molecule has 1 amide bonds. The van der Waals surface area contributed by atoms with E-state index in [1.807, 2.05) is 37.2 Å². The summed E-state index contributed by atoms with van der Waals surface area (Å²) in [5.41, 5.74) is 1.02. The lowest BCUT2D eigenvalue weighted by Gasteiger charge is -2.27. The number of carboxylic acid groups (broad SMARTS) is 1. The average Bonchev–Trinajstić information content (AvgIpc) is 2.68. The van der Waals surface area contributed by atoms with Crippen molar-refractivity contribution >= 4 is 11.9 Å². The summed E-state index contributed by atoms with van der Waals surface area (Å²) in [7, 11) is 5.59. The van der Waals surface area contributed by atoms with Gasteiger partial charge in [-0.2, -0.15) is 0 Å². The minimum Gasteiger partial charge on any atom is -0.493 e. The molecule has 0 aromatic heterocycles. The molecule has 0 radical (unpaired) electrons. The Morgan fingerprint density at radius 1 is 1.18 bits per heavy atom. The van der Waals surface area contributed by atoms with E-state index in [9.17, 15) is 14.7 Å². The minimum absolute atomic E-state index is 0.150. The van der Waals surface area contributed by atoms with Crippen molar-refractivity contribution in [1.29, 1.82) is 0 Å². The van der Waals surface area contributed by atoms with Crippen molar-refractivity contribution in [2.24, 2.45) is 11.8 Å². The second-order valence-electron chi connectivity index (χ2n) is 7.51. The number of carbonyl (C=O) groups is 2. The molecular weight excluding hydrogens is 360 g/mol. The van der Waals surface area contributed by atoms with Gasteiger partial charge in [-0.1, -0.05) is 18.9 Å². The highest BCUT2D eigenvalue weighted by Gasteiger charge is 2.35. The predicted molar refractivity (Wildman–Crippen MR) is 107 cm³/mol. The first-order chi connectivity index (χ1) is 13.4. The molecule has 0 aliphatic heterocycles. The quantitative estimate of drug-likeness (QED) is 0.635. The second-order valence-corrected chi connectivity index (χ2v) is 7.51. The van der Waals surface area contributed by atoms with Crippen LogP contribution in [0.15, 0.2) is 18.2 Å². The first kappa shape index (κ1) is 22.0. The second kappa shape index (κ2) is 10.9. The van der Waals surface area contributed by atoms with Gasteiger partial charge in [0.2, 0.25) is 5.91 Å². The molecule has 1 aromatic carbocycles. The summed E-state index contributed by atoms with van der Waals surface area (Å²) >= 11 is 0. The van der Waals surface area contributed by atoms with Crippen LogP contribution in [0, 0.1) is 11.8 Å². The monoisotopic (exact) mass is 392 g/mol. The molecule has 7 nitrogen and oxygen atoms in total. The Bertz CT molecular complexity index is 662. The summed E-state index contributed by atoms with van der Waals surface area (Å²) in [6, 6.07) is 5.76. The molecule has 0 bridgehead atoms. The van der Waals surface area contributed by atoms with Crippen LogP contribution in [0.1, 0.15) is 31.2 Å². The van der Waals surface area contributed by atoms with Gasteiger partial charge in [-0.25, -0.2) is 0 Å². The highest BCUT2D eigenvalue weighted by atomic mass is 16.5. The number of carboxylic acids is 1. The van der Waals surface area contributed by atoms with E-state index in [0.717, 1.165) is 24.9 Å². The Hall–Kier alpha value is -2.28. The fourth-order valence-corrected chi connectivity index (χ4v) is 3.53. The van der Waals surface area contributed by atoms with Crippen LogP contribution in [0.5, 0.6) is 11.5 Å². The van der Waals surface area contributed by atoms with E-state index in [2.05, 4.69) is 5.32 Å². The topological polar surface area (TPSA) is 88.1 Å². The van der Waals surface area contributed by atoms with Crippen LogP contribution in [0.25, 0.3) is 0 Å². The van der Waals surface area contributed by atoms with Gasteiger partial charge in [0, 0.05) is 13.1 Å². The molecule has 0 spiro atoms. The van der Waals surface area contributed by atoms with Crippen LogP contribution in [0.2, 0.25) is 0 Å². The number of benzene rings is 1. The van der Waals surface area contributed by atoms with Gasteiger partial charge in [0.15, 0.2) is 11.5 Å². The van der Waals surface area contributed by atoms with Crippen molar-refractivity contribution in [2.45, 2.75) is 32.1 Å². The number of nitrogens with one attached hydrogen (secondary N) is 1. The van der Waals surface area contributed by atoms with E-state index in [1.165, 1.54) is 0 Å². The zero-order valence-corrected chi connectivity index (χ0v) is 17.1. The van der Waals surface area contributed by atoms with Crippen LogP contribution in [-0.4, -0.2) is 62.8 Å². The Morgan fingerprint density at radius 2 is 1.89 bits per heavy atom. The third kappa shape index (κ3) is 6.41. The molecule has 0 saturated heterocycles. The number of nitrogens with zero attached hydrogens (tertiary/aromatic N) is 1. The van der Waals surface area contributed by atoms with E-state index in [0.29, 0.717) is 43.9 Å². The summed E-state index contributed by atoms with van der Waals surface area (Å²) in [6.45, 7) is 1.85. The van der Waals surface area contributed by atoms with Crippen molar-refractivity contribution in [1.82, 2.24) is 10.2 Å². The number of rotatable bonds is 10. The van der Waals surface area contributed by atoms with Crippen LogP contribution in [-0.2, 0) is 16.0 Å². The summed E-state index contributed by atoms with van der Waals surface area (Å²) < 4.78 is 11.2. The largest absolute Gasteiger partial charge is 0.493 e. The fraction of sp³-hybridized carbons (Fsp3) is 0.619. The van der Waals surface area contributed by atoms with E-state index in [4.69, 9.17) is 9.47 Å². The lowest BCUT2D eigenvalue weighted by atomic mass is 9.78. The zero-order chi connectivity index (χ0) is 20.5. The molecule has 0 heterocycles. The van der Waals surface area contributed by atoms with Gasteiger partial charge >= 0.3 is 5.97 Å². The van der Waals surface area contributed by atoms with Gasteiger partial charge in [-0.05, 0) is 51.1 Å². The molecule has 156 valence electrons. The first-order valence-electron chi connectivity index (χ1n) is 9.87. The van der Waals surface area contributed by atoms with E-state index < -0.39 is 17.8 Å². The predicted octanol–water partition coefficient (Wildman–Crippen LogP) is 2.19. The molecule has 2 atom stereocenters. The van der Waals surface area contributed by atoms with E-state index in [1.54, 1.807) is 7.11 Å². The van der Waals surface area contributed by atoms with Gasteiger partial charge in [0.25, 0.3) is 0 Å². The molecule has 2 unspecified atom stereocenters. The van der Waals surface area contributed by atoms with E-state index in [-0.39, 0.29) is 5.91 Å². The number of aliphatic carboxylic acids is 1. The standard InChI is InChI=1S/C21H32N2O5/c1-23(2)12-13-28-18-9-8-15(14-19(18)27-3)10-11-22-20(24)16-6-4-5-7-17(16)21(25)26/h8-9,14,16-17H,4-7,10-13H2,1-3H3,(H,22,24)(H,25,26). The third-order valence-corrected chi connectivity index (χ3v) is 5.16. The number of amides is 1. The highest BCUT2D eigenvalue weighted by Crippen LogP contribution is 2.31. The average molecular weight is 392 g/mol. The number of methoxy groups -OCH3 is 1. The Kier molecular flexibility index (Phi) is 8.57. The maximum absolute atomic E-state index is 12.4. The van der Waals surface area contributed by atoms with E-state index >= 15 is 0 Å². The maximum atomic E-state index is 12.4. The third-order valence-electron chi connectivity index (χ3n) is 5.16. The van der Waals surface area contributed by atoms with Crippen molar-refractivity contribution in [2.75, 3.05) is 40.9 Å². The molecule has 2 N–H and O–H groups in total. The normalized spacial score (nSPS) is 19.3. The van der Waals surface area contributed by atoms with Crippen LogP contribution in [0.3, 0.4) is 0 Å². The van der Waals surface area contributed by atoms with Gasteiger partial charge in [0.05, 0.1) is 18.9 Å². The summed E-state index contributed by atoms with van der Waals surface area (Å²) in [5, 5.41) is 12.2. The summed E-state index contributed by atoms with van der Waals surface area (Å²) in [6.07, 6.45) is 3.66. The molecule has 28 heavy (non-hydrogen) atoms. The molecule has 1 aliphatic carbocycles. The van der Waals surface area contributed by atoms with Crippen LogP contribution >= 0.6 is 0 Å². The highest BCUT2D eigenvalue weighted by molar-refractivity contribution is 5.84. The molecule has 1 fully saturated rings. The van der Waals surface area contributed by atoms with Crippen molar-refractivity contribution in [3.63, 3.8) is 0 Å². The molecule has 1 aliphatic rings. The zero-order valence-electron chi connectivity index (χ0n) is 17.1. The SMILES string of the molecule is COc1cc(CCNC(=O)C2CCCCC2C(=O)O)ccc1OCCN(C)C. The number of hydrogen-bond donors (Lipinski definition) is 2. The number of carbonyl (C=O) groups excluding carboxylic acids is 1. The van der Waals surface area contributed by atoms with Gasteiger partial charge in [-0.3, -0.25) is 9.59 Å². The van der Waals surface area contributed by atoms with Crippen LogP contribution in [0.4, 0.5) is 0 Å². The Morgan fingerprint density at radius 3 is 2.54 bits per heavy atom. The lowest BCUT2D eigenvalue weighted by Crippen LogP contribution is -2.40. The maximum Gasteiger partial charge on any atom is 0.307 e. The fourth-order valence-electron chi connectivity index (χ4n) is 3.53. The summed E-state index contributed by atoms with van der Waals surface area (Å²) in [4.78, 5) is 25.8. The molecule has 1 aromatic rings. The van der Waals surface area contributed by atoms with Crippen LogP contribution < -0.4 is 14.8 Å². The number of hydrogen-bond acceptors (Lipinski definition) is 5. The smallest absolute Gasteiger partial charge is 0.307 e. The molecule has 7 heteroatoms.